The molecule has 1 aliphatic heterocycles. The quantitative estimate of drug-likeness (QED) is 0.336. The number of piperazine rings is 1. The number of halogens is 1. The molecule has 0 unspecified atom stereocenters. The second-order valence-electron chi connectivity index (χ2n) is 8.61. The first kappa shape index (κ1) is 24.2. The molecule has 184 valence electrons. The Morgan fingerprint density at radius 2 is 1.56 bits per heavy atom. The smallest absolute Gasteiger partial charge is 0.264 e. The summed E-state index contributed by atoms with van der Waals surface area (Å²) in [7, 11) is 1.64. The van der Waals surface area contributed by atoms with E-state index in [0.29, 0.717) is 36.8 Å². The van der Waals surface area contributed by atoms with Crippen LogP contribution in [0.1, 0.15) is 25.7 Å². The fourth-order valence-electron chi connectivity index (χ4n) is 4.58. The van der Waals surface area contributed by atoms with Crippen LogP contribution in [0.5, 0.6) is 5.75 Å². The first-order valence-corrected chi connectivity index (χ1v) is 13.0. The minimum Gasteiger partial charge on any atom is -0.497 e. The number of methoxy groups -OCH3 is 1. The van der Waals surface area contributed by atoms with Gasteiger partial charge in [-0.05, 0) is 66.4 Å². The molecule has 0 spiro atoms. The van der Waals surface area contributed by atoms with Crippen molar-refractivity contribution in [2.45, 2.75) is 6.92 Å². The number of nitrogens with zero attached hydrogens (tertiary/aromatic N) is 3. The minimum absolute atomic E-state index is 0.0277. The predicted octanol–water partition coefficient (Wildman–Crippen LogP) is 5.77. The number of rotatable bonds is 5. The molecule has 0 aliphatic carbocycles. The van der Waals surface area contributed by atoms with Crippen molar-refractivity contribution >= 4 is 34.8 Å². The van der Waals surface area contributed by atoms with Crippen molar-refractivity contribution in [2.24, 2.45) is 0 Å². The zero-order valence-electron chi connectivity index (χ0n) is 20.1. The van der Waals surface area contributed by atoms with Gasteiger partial charge >= 0.3 is 0 Å². The zero-order chi connectivity index (χ0) is 25.2. The Kier molecular flexibility index (Phi) is 6.85. The highest BCUT2D eigenvalue weighted by atomic mass is 35.5. The van der Waals surface area contributed by atoms with Gasteiger partial charge in [0.1, 0.15) is 5.75 Å². The summed E-state index contributed by atoms with van der Waals surface area (Å²) in [5.74, 6) is 0.744. The van der Waals surface area contributed by atoms with Crippen LogP contribution in [-0.4, -0.2) is 59.5 Å². The lowest BCUT2D eigenvalue weighted by Gasteiger charge is -2.34. The molecule has 1 fully saturated rings. The SMILES string of the molecule is COc1ccc(-c2cc(C(=O)N3CCN(C(=O)c4cccs4)CC3)c(C)n2-c2ccccc2Cl)cc1. The number of amides is 2. The summed E-state index contributed by atoms with van der Waals surface area (Å²) in [6, 6.07) is 21.0. The third-order valence-corrected chi connectivity index (χ3v) is 7.72. The third-order valence-electron chi connectivity index (χ3n) is 6.54. The maximum atomic E-state index is 13.7. The lowest BCUT2D eigenvalue weighted by atomic mass is 10.1. The van der Waals surface area contributed by atoms with Crippen LogP contribution in [0.2, 0.25) is 5.02 Å². The predicted molar refractivity (Wildman–Crippen MR) is 144 cm³/mol. The summed E-state index contributed by atoms with van der Waals surface area (Å²) in [6.45, 7) is 3.95. The third kappa shape index (κ3) is 4.52. The standard InChI is InChI=1S/C28H26ClN3O3S/c1-19-22(27(33)30-13-15-31(16-14-30)28(34)26-8-5-17-36-26)18-25(20-9-11-21(35-2)12-10-20)32(19)24-7-4-3-6-23(24)29/h3-12,17-18H,13-16H2,1-2H3. The van der Waals surface area contributed by atoms with Crippen molar-refractivity contribution in [1.82, 2.24) is 14.4 Å². The van der Waals surface area contributed by atoms with E-state index in [1.165, 1.54) is 11.3 Å². The number of carbonyl (C=O) groups is 2. The van der Waals surface area contributed by atoms with Gasteiger partial charge in [-0.25, -0.2) is 0 Å². The highest BCUT2D eigenvalue weighted by molar-refractivity contribution is 7.12. The molecule has 0 radical (unpaired) electrons. The molecule has 5 rings (SSSR count). The Morgan fingerprint density at radius 3 is 2.17 bits per heavy atom. The first-order valence-electron chi connectivity index (χ1n) is 11.7. The van der Waals surface area contributed by atoms with Gasteiger partial charge in [0.2, 0.25) is 0 Å². The summed E-state index contributed by atoms with van der Waals surface area (Å²) >= 11 is 8.03. The van der Waals surface area contributed by atoms with E-state index >= 15 is 0 Å². The van der Waals surface area contributed by atoms with Gasteiger partial charge < -0.3 is 19.1 Å². The Labute approximate surface area is 219 Å². The Hall–Kier alpha value is -3.55. The van der Waals surface area contributed by atoms with Crippen LogP contribution in [0.15, 0.2) is 72.1 Å². The second-order valence-corrected chi connectivity index (χ2v) is 9.96. The second kappa shape index (κ2) is 10.2. The average Bonchev–Trinajstić information content (AvgIpc) is 3.57. The average molecular weight is 520 g/mol. The number of hydrogen-bond acceptors (Lipinski definition) is 4. The van der Waals surface area contributed by atoms with Crippen molar-refractivity contribution in [3.63, 3.8) is 0 Å². The van der Waals surface area contributed by atoms with Crippen LogP contribution in [0.4, 0.5) is 0 Å². The van der Waals surface area contributed by atoms with Gasteiger partial charge in [-0.3, -0.25) is 9.59 Å². The molecule has 2 amide bonds. The van der Waals surface area contributed by atoms with Crippen LogP contribution in [0, 0.1) is 6.92 Å². The molecule has 1 aliphatic rings. The van der Waals surface area contributed by atoms with Gasteiger partial charge in [-0.1, -0.05) is 29.8 Å². The number of thiophene rings is 1. The van der Waals surface area contributed by atoms with Gasteiger partial charge in [-0.15, -0.1) is 11.3 Å². The van der Waals surface area contributed by atoms with Crippen LogP contribution in [0.3, 0.4) is 0 Å². The summed E-state index contributed by atoms with van der Waals surface area (Å²) in [5.41, 5.74) is 4.07. The van der Waals surface area contributed by atoms with Gasteiger partial charge in [0.15, 0.2) is 0 Å². The van der Waals surface area contributed by atoms with E-state index in [2.05, 4.69) is 0 Å². The Balaban J connectivity index is 1.46. The molecule has 2 aromatic carbocycles. The maximum absolute atomic E-state index is 13.7. The number of hydrogen-bond donors (Lipinski definition) is 0. The largest absolute Gasteiger partial charge is 0.497 e. The van der Waals surface area contributed by atoms with Gasteiger partial charge in [0.05, 0.1) is 34.0 Å². The number of para-hydroxylation sites is 1. The molecular weight excluding hydrogens is 494 g/mol. The summed E-state index contributed by atoms with van der Waals surface area (Å²) < 4.78 is 7.35. The van der Waals surface area contributed by atoms with E-state index in [-0.39, 0.29) is 11.8 Å². The molecule has 8 heteroatoms. The summed E-state index contributed by atoms with van der Waals surface area (Å²) in [5, 5.41) is 2.51. The van der Waals surface area contributed by atoms with Crippen LogP contribution >= 0.6 is 22.9 Å². The molecule has 1 saturated heterocycles. The number of carbonyl (C=O) groups excluding carboxylic acids is 2. The number of ether oxygens (including phenoxy) is 1. The van der Waals surface area contributed by atoms with Crippen molar-refractivity contribution in [2.75, 3.05) is 33.3 Å². The molecule has 4 aromatic rings. The summed E-state index contributed by atoms with van der Waals surface area (Å²) in [6.07, 6.45) is 0. The highest BCUT2D eigenvalue weighted by Crippen LogP contribution is 2.34. The molecule has 0 atom stereocenters. The first-order chi connectivity index (χ1) is 17.5. The van der Waals surface area contributed by atoms with Crippen molar-refractivity contribution in [1.29, 1.82) is 0 Å². The normalized spacial score (nSPS) is 13.6. The molecule has 0 bridgehead atoms. The Morgan fingerprint density at radius 1 is 0.889 bits per heavy atom. The van der Waals surface area contributed by atoms with Crippen molar-refractivity contribution < 1.29 is 14.3 Å². The minimum atomic E-state index is -0.0451. The van der Waals surface area contributed by atoms with Gasteiger partial charge in [0.25, 0.3) is 11.8 Å². The van der Waals surface area contributed by atoms with Crippen molar-refractivity contribution in [3.05, 3.63) is 93.3 Å². The van der Waals surface area contributed by atoms with Crippen molar-refractivity contribution in [3.8, 4) is 22.7 Å². The topological polar surface area (TPSA) is 54.8 Å². The van der Waals surface area contributed by atoms with E-state index in [9.17, 15) is 9.59 Å². The van der Waals surface area contributed by atoms with E-state index < -0.39 is 0 Å². The molecular formula is C28H26ClN3O3S. The molecule has 0 N–H and O–H groups in total. The van der Waals surface area contributed by atoms with E-state index in [1.807, 2.05) is 93.4 Å². The van der Waals surface area contributed by atoms with Crippen LogP contribution in [-0.2, 0) is 0 Å². The molecule has 36 heavy (non-hydrogen) atoms. The van der Waals surface area contributed by atoms with Crippen LogP contribution in [0.25, 0.3) is 16.9 Å². The van der Waals surface area contributed by atoms with E-state index in [4.69, 9.17) is 16.3 Å². The molecule has 0 saturated carbocycles. The molecule has 2 aromatic heterocycles. The fraction of sp³-hybridized carbons (Fsp3) is 0.214. The van der Waals surface area contributed by atoms with Gasteiger partial charge in [-0.2, -0.15) is 0 Å². The van der Waals surface area contributed by atoms with Gasteiger partial charge in [0, 0.05) is 31.9 Å². The summed E-state index contributed by atoms with van der Waals surface area (Å²) in [4.78, 5) is 30.8. The lowest BCUT2D eigenvalue weighted by molar-refractivity contribution is 0.0537. The zero-order valence-corrected chi connectivity index (χ0v) is 21.7. The molecule has 6 nitrogen and oxygen atoms in total. The molecule has 3 heterocycles. The monoisotopic (exact) mass is 519 g/mol. The van der Waals surface area contributed by atoms with E-state index in [0.717, 1.165) is 33.3 Å². The maximum Gasteiger partial charge on any atom is 0.264 e. The fourth-order valence-corrected chi connectivity index (χ4v) is 5.49. The Bertz CT molecular complexity index is 1390. The lowest BCUT2D eigenvalue weighted by Crippen LogP contribution is -2.50. The number of aromatic nitrogens is 1. The number of benzene rings is 2. The highest BCUT2D eigenvalue weighted by Gasteiger charge is 2.29. The van der Waals surface area contributed by atoms with Crippen LogP contribution < -0.4 is 4.74 Å². The van der Waals surface area contributed by atoms with E-state index in [1.54, 1.807) is 7.11 Å².